The van der Waals surface area contributed by atoms with Gasteiger partial charge in [-0.05, 0) is 47.8 Å². The Hall–Kier alpha value is -3.65. The molecule has 0 fully saturated rings. The van der Waals surface area contributed by atoms with Gasteiger partial charge in [0.2, 0.25) is 5.76 Å². The molecule has 1 aromatic carbocycles. The molecular weight excluding hydrogens is 380 g/mol. The molecule has 4 rings (SSSR count). The number of thiophene rings is 1. The Bertz CT molecular complexity index is 1070. The van der Waals surface area contributed by atoms with Crippen molar-refractivity contribution in [1.82, 2.24) is 5.16 Å². The second-order valence-electron chi connectivity index (χ2n) is 5.74. The lowest BCUT2D eigenvalue weighted by molar-refractivity contribution is 0.0464. The van der Waals surface area contributed by atoms with Crippen LogP contribution in [0.25, 0.3) is 11.5 Å². The minimum atomic E-state index is -0.501. The van der Waals surface area contributed by atoms with Gasteiger partial charge in [0.25, 0.3) is 5.91 Å². The Morgan fingerprint density at radius 1 is 1.07 bits per heavy atom. The Morgan fingerprint density at radius 3 is 2.64 bits per heavy atom. The summed E-state index contributed by atoms with van der Waals surface area (Å²) >= 11 is 1.36. The summed E-state index contributed by atoms with van der Waals surface area (Å²) in [7, 11) is 0. The van der Waals surface area contributed by atoms with Crippen molar-refractivity contribution in [1.29, 1.82) is 0 Å². The van der Waals surface area contributed by atoms with Gasteiger partial charge in [-0.1, -0.05) is 11.2 Å². The molecule has 0 aliphatic rings. The first-order chi connectivity index (χ1) is 13.7. The predicted molar refractivity (Wildman–Crippen MR) is 102 cm³/mol. The summed E-state index contributed by atoms with van der Waals surface area (Å²) in [5.41, 5.74) is 1.43. The molecule has 4 aromatic rings. The summed E-state index contributed by atoms with van der Waals surface area (Å²) in [5.74, 6) is 0.314. The summed E-state index contributed by atoms with van der Waals surface area (Å²) in [6.45, 7) is -0.0279. The SMILES string of the molecule is O=C(OCc1cc(-c2ccco2)on1)c1ccc(NC(=O)c2cccs2)cc1. The molecule has 0 bridgehead atoms. The van der Waals surface area contributed by atoms with Crippen LogP contribution in [0.3, 0.4) is 0 Å². The molecule has 0 aliphatic heterocycles. The van der Waals surface area contributed by atoms with Crippen LogP contribution in [0.2, 0.25) is 0 Å². The highest BCUT2D eigenvalue weighted by molar-refractivity contribution is 7.12. The largest absolute Gasteiger partial charge is 0.461 e. The van der Waals surface area contributed by atoms with E-state index in [0.717, 1.165) is 0 Å². The predicted octanol–water partition coefficient (Wildman–Crippen LogP) is 4.61. The zero-order valence-electron chi connectivity index (χ0n) is 14.5. The summed E-state index contributed by atoms with van der Waals surface area (Å²) in [4.78, 5) is 24.8. The van der Waals surface area contributed by atoms with E-state index in [0.29, 0.717) is 33.3 Å². The van der Waals surface area contributed by atoms with E-state index in [4.69, 9.17) is 13.7 Å². The van der Waals surface area contributed by atoms with Gasteiger partial charge in [0, 0.05) is 11.8 Å². The van der Waals surface area contributed by atoms with Crippen molar-refractivity contribution in [2.75, 3.05) is 5.32 Å². The molecule has 3 heterocycles. The molecule has 0 saturated heterocycles. The van der Waals surface area contributed by atoms with Crippen LogP contribution in [0.1, 0.15) is 25.7 Å². The topological polar surface area (TPSA) is 94.6 Å². The van der Waals surface area contributed by atoms with Crippen LogP contribution in [0, 0.1) is 0 Å². The summed E-state index contributed by atoms with van der Waals surface area (Å²) in [6, 6.07) is 15.2. The zero-order valence-corrected chi connectivity index (χ0v) is 15.3. The first-order valence-corrected chi connectivity index (χ1v) is 9.18. The molecule has 0 unspecified atom stereocenters. The van der Waals surface area contributed by atoms with Gasteiger partial charge in [-0.3, -0.25) is 4.79 Å². The number of rotatable bonds is 6. The Balaban J connectivity index is 1.33. The molecule has 8 heteroatoms. The van der Waals surface area contributed by atoms with Crippen molar-refractivity contribution in [2.45, 2.75) is 6.61 Å². The number of esters is 1. The van der Waals surface area contributed by atoms with Crippen molar-refractivity contribution < 1.29 is 23.3 Å². The fourth-order valence-corrected chi connectivity index (χ4v) is 3.05. The molecule has 0 atom stereocenters. The molecule has 1 N–H and O–H groups in total. The van der Waals surface area contributed by atoms with Gasteiger partial charge in [0.1, 0.15) is 12.3 Å². The van der Waals surface area contributed by atoms with Crippen LogP contribution in [0.15, 0.2) is 75.2 Å². The molecule has 0 aliphatic carbocycles. The van der Waals surface area contributed by atoms with E-state index < -0.39 is 5.97 Å². The van der Waals surface area contributed by atoms with Gasteiger partial charge in [0.15, 0.2) is 5.76 Å². The minimum absolute atomic E-state index is 0.0279. The van der Waals surface area contributed by atoms with E-state index in [2.05, 4.69) is 10.5 Å². The lowest BCUT2D eigenvalue weighted by Crippen LogP contribution is -2.10. The maximum absolute atomic E-state index is 12.2. The monoisotopic (exact) mass is 394 g/mol. The van der Waals surface area contributed by atoms with Gasteiger partial charge in [-0.2, -0.15) is 0 Å². The molecule has 7 nitrogen and oxygen atoms in total. The van der Waals surface area contributed by atoms with Crippen LogP contribution in [0.5, 0.6) is 0 Å². The highest BCUT2D eigenvalue weighted by Crippen LogP contribution is 2.21. The van der Waals surface area contributed by atoms with E-state index >= 15 is 0 Å². The number of anilines is 1. The second-order valence-corrected chi connectivity index (χ2v) is 6.69. The molecule has 3 aromatic heterocycles. The number of benzene rings is 1. The fraction of sp³-hybridized carbons (Fsp3) is 0.0500. The summed E-state index contributed by atoms with van der Waals surface area (Å²) in [5, 5.41) is 8.46. The van der Waals surface area contributed by atoms with Crippen molar-refractivity contribution in [3.63, 3.8) is 0 Å². The van der Waals surface area contributed by atoms with Gasteiger partial charge in [-0.15, -0.1) is 11.3 Å². The first kappa shape index (κ1) is 17.7. The van der Waals surface area contributed by atoms with Crippen molar-refractivity contribution in [3.05, 3.63) is 82.4 Å². The average molecular weight is 394 g/mol. The fourth-order valence-electron chi connectivity index (χ4n) is 2.43. The molecular formula is C20H14N2O5S. The third-order valence-corrected chi connectivity index (χ3v) is 4.67. The lowest BCUT2D eigenvalue weighted by Gasteiger charge is -2.06. The summed E-state index contributed by atoms with van der Waals surface area (Å²) < 4.78 is 15.6. The van der Waals surface area contributed by atoms with E-state index in [-0.39, 0.29) is 12.5 Å². The average Bonchev–Trinajstić information content (AvgIpc) is 3.49. The number of aromatic nitrogens is 1. The van der Waals surface area contributed by atoms with E-state index in [1.54, 1.807) is 48.5 Å². The molecule has 140 valence electrons. The normalized spacial score (nSPS) is 10.6. The molecule has 0 saturated carbocycles. The molecule has 1 amide bonds. The Morgan fingerprint density at radius 2 is 1.93 bits per heavy atom. The van der Waals surface area contributed by atoms with E-state index in [1.807, 2.05) is 11.4 Å². The Labute approximate surface area is 163 Å². The van der Waals surface area contributed by atoms with Crippen LogP contribution < -0.4 is 5.32 Å². The van der Waals surface area contributed by atoms with Crippen LogP contribution in [-0.2, 0) is 11.3 Å². The van der Waals surface area contributed by atoms with Gasteiger partial charge < -0.3 is 19.0 Å². The quantitative estimate of drug-likeness (QED) is 0.480. The standard InChI is InChI=1S/C20H14N2O5S/c23-19(18-4-2-10-28-18)21-14-7-5-13(6-8-14)20(24)26-12-15-11-17(27-22-15)16-3-1-9-25-16/h1-11H,12H2,(H,21,23). The van der Waals surface area contributed by atoms with Gasteiger partial charge >= 0.3 is 5.97 Å². The van der Waals surface area contributed by atoms with Crippen molar-refractivity contribution in [3.8, 4) is 11.5 Å². The Kier molecular flexibility index (Phi) is 5.03. The number of amides is 1. The minimum Gasteiger partial charge on any atom is -0.461 e. The van der Waals surface area contributed by atoms with Crippen molar-refractivity contribution in [2.24, 2.45) is 0 Å². The molecule has 0 radical (unpaired) electrons. The smallest absolute Gasteiger partial charge is 0.338 e. The van der Waals surface area contributed by atoms with Crippen LogP contribution in [-0.4, -0.2) is 17.0 Å². The number of nitrogens with one attached hydrogen (secondary N) is 1. The number of carbonyl (C=O) groups is 2. The highest BCUT2D eigenvalue weighted by Gasteiger charge is 2.13. The van der Waals surface area contributed by atoms with Gasteiger partial charge in [-0.25, -0.2) is 4.79 Å². The number of hydrogen-bond donors (Lipinski definition) is 1. The zero-order chi connectivity index (χ0) is 19.3. The van der Waals surface area contributed by atoms with Crippen LogP contribution in [0.4, 0.5) is 5.69 Å². The van der Waals surface area contributed by atoms with Crippen molar-refractivity contribution >= 4 is 28.9 Å². The molecule has 0 spiro atoms. The number of ether oxygens (including phenoxy) is 1. The van der Waals surface area contributed by atoms with E-state index in [9.17, 15) is 9.59 Å². The number of nitrogens with zero attached hydrogens (tertiary/aromatic N) is 1. The molecule has 28 heavy (non-hydrogen) atoms. The third kappa shape index (κ3) is 4.02. The van der Waals surface area contributed by atoms with E-state index in [1.165, 1.54) is 17.6 Å². The number of furan rings is 1. The maximum Gasteiger partial charge on any atom is 0.338 e. The second kappa shape index (κ2) is 7.93. The highest BCUT2D eigenvalue weighted by atomic mass is 32.1. The third-order valence-electron chi connectivity index (χ3n) is 3.80. The number of carbonyl (C=O) groups excluding carboxylic acids is 2. The first-order valence-electron chi connectivity index (χ1n) is 8.30. The van der Waals surface area contributed by atoms with Gasteiger partial charge in [0.05, 0.1) is 16.7 Å². The van der Waals surface area contributed by atoms with Crippen LogP contribution >= 0.6 is 11.3 Å². The number of hydrogen-bond acceptors (Lipinski definition) is 7. The summed E-state index contributed by atoms with van der Waals surface area (Å²) in [6.07, 6.45) is 1.53. The maximum atomic E-state index is 12.2. The lowest BCUT2D eigenvalue weighted by atomic mass is 10.2.